The SMILES string of the molecule is CC(N)c1cc(N)cc(C(F)(F)C(C)(C)O)c1.Cl. The number of alkyl halides is 2. The van der Waals surface area contributed by atoms with Crippen molar-refractivity contribution in [2.24, 2.45) is 5.73 Å². The molecule has 0 radical (unpaired) electrons. The van der Waals surface area contributed by atoms with Gasteiger partial charge in [0.05, 0.1) is 0 Å². The number of anilines is 1. The minimum absolute atomic E-state index is 0. The molecule has 1 aromatic rings. The summed E-state index contributed by atoms with van der Waals surface area (Å²) in [7, 11) is 0. The number of rotatable bonds is 3. The van der Waals surface area contributed by atoms with E-state index in [1.165, 1.54) is 6.07 Å². The Balaban J connectivity index is 0.00000289. The molecule has 1 aromatic carbocycles. The van der Waals surface area contributed by atoms with Crippen LogP contribution in [0, 0.1) is 0 Å². The highest BCUT2D eigenvalue weighted by atomic mass is 35.5. The molecule has 0 saturated carbocycles. The molecule has 0 aliphatic rings. The van der Waals surface area contributed by atoms with E-state index >= 15 is 0 Å². The molecule has 0 bridgehead atoms. The smallest absolute Gasteiger partial charge is 0.300 e. The number of nitrogens with two attached hydrogens (primary N) is 2. The van der Waals surface area contributed by atoms with E-state index in [1.807, 2.05) is 0 Å². The average molecular weight is 281 g/mol. The Kier molecular flexibility index (Phi) is 5.11. The molecule has 0 aromatic heterocycles. The molecule has 6 heteroatoms. The first-order valence-corrected chi connectivity index (χ1v) is 5.32. The van der Waals surface area contributed by atoms with Crippen LogP contribution in [0.5, 0.6) is 0 Å². The van der Waals surface area contributed by atoms with Gasteiger partial charge >= 0.3 is 5.92 Å². The molecule has 104 valence electrons. The van der Waals surface area contributed by atoms with E-state index in [0.29, 0.717) is 5.56 Å². The van der Waals surface area contributed by atoms with E-state index in [1.54, 1.807) is 13.0 Å². The van der Waals surface area contributed by atoms with Crippen LogP contribution in [0.4, 0.5) is 14.5 Å². The fourth-order valence-electron chi connectivity index (χ4n) is 1.47. The molecule has 0 amide bonds. The largest absolute Gasteiger partial charge is 0.399 e. The van der Waals surface area contributed by atoms with E-state index in [4.69, 9.17) is 11.5 Å². The molecule has 1 unspecified atom stereocenters. The Morgan fingerprint density at radius 1 is 1.22 bits per heavy atom. The van der Waals surface area contributed by atoms with Crippen LogP contribution in [0.3, 0.4) is 0 Å². The van der Waals surface area contributed by atoms with Gasteiger partial charge in [-0.25, -0.2) is 0 Å². The Hall–Kier alpha value is -0.910. The monoisotopic (exact) mass is 280 g/mol. The molecule has 0 aliphatic carbocycles. The fourth-order valence-corrected chi connectivity index (χ4v) is 1.47. The molecular weight excluding hydrogens is 262 g/mol. The quantitative estimate of drug-likeness (QED) is 0.745. The van der Waals surface area contributed by atoms with Gasteiger partial charge in [-0.1, -0.05) is 0 Å². The van der Waals surface area contributed by atoms with Crippen LogP contribution in [-0.4, -0.2) is 10.7 Å². The highest BCUT2D eigenvalue weighted by Crippen LogP contribution is 2.40. The predicted octanol–water partition coefficient (Wildman–Crippen LogP) is 2.57. The van der Waals surface area contributed by atoms with Gasteiger partial charge in [-0.15, -0.1) is 12.4 Å². The predicted molar refractivity (Wildman–Crippen MR) is 70.9 cm³/mol. The van der Waals surface area contributed by atoms with E-state index < -0.39 is 17.6 Å². The molecule has 0 saturated heterocycles. The van der Waals surface area contributed by atoms with Gasteiger partial charge in [-0.05, 0) is 44.5 Å². The number of hydrogen-bond donors (Lipinski definition) is 3. The Labute approximate surface area is 112 Å². The van der Waals surface area contributed by atoms with Gasteiger partial charge in [0.25, 0.3) is 0 Å². The summed E-state index contributed by atoms with van der Waals surface area (Å²) in [6, 6.07) is 3.59. The number of aliphatic hydroxyl groups is 1. The standard InChI is InChI=1S/C12H18F2N2O.ClH/c1-7(15)8-4-9(6-10(16)5-8)12(13,14)11(2,3)17;/h4-7,17H,15-16H2,1-3H3;1H. The Bertz CT molecular complexity index is 417. The van der Waals surface area contributed by atoms with Crippen molar-refractivity contribution < 1.29 is 13.9 Å². The zero-order valence-electron chi connectivity index (χ0n) is 10.6. The summed E-state index contributed by atoms with van der Waals surface area (Å²) < 4.78 is 27.9. The van der Waals surface area contributed by atoms with Gasteiger partial charge < -0.3 is 16.6 Å². The second-order valence-corrected chi connectivity index (χ2v) is 4.81. The van der Waals surface area contributed by atoms with Crippen molar-refractivity contribution in [3.05, 3.63) is 29.3 Å². The van der Waals surface area contributed by atoms with Gasteiger partial charge in [0.1, 0.15) is 5.60 Å². The molecule has 3 nitrogen and oxygen atoms in total. The minimum Gasteiger partial charge on any atom is -0.399 e. The first-order valence-electron chi connectivity index (χ1n) is 5.32. The zero-order valence-corrected chi connectivity index (χ0v) is 11.4. The summed E-state index contributed by atoms with van der Waals surface area (Å²) in [5.74, 6) is -3.38. The van der Waals surface area contributed by atoms with Gasteiger partial charge in [0.2, 0.25) is 0 Å². The molecule has 1 rings (SSSR count). The van der Waals surface area contributed by atoms with Crippen LogP contribution < -0.4 is 11.5 Å². The fraction of sp³-hybridized carbons (Fsp3) is 0.500. The second-order valence-electron chi connectivity index (χ2n) is 4.81. The van der Waals surface area contributed by atoms with E-state index in [9.17, 15) is 13.9 Å². The lowest BCUT2D eigenvalue weighted by Crippen LogP contribution is -2.40. The zero-order chi connectivity index (χ0) is 13.4. The van der Waals surface area contributed by atoms with Crippen LogP contribution in [0.2, 0.25) is 0 Å². The highest BCUT2D eigenvalue weighted by Gasteiger charge is 2.47. The third-order valence-electron chi connectivity index (χ3n) is 2.63. The maximum atomic E-state index is 13.9. The van der Waals surface area contributed by atoms with Crippen LogP contribution in [0.25, 0.3) is 0 Å². The van der Waals surface area contributed by atoms with Gasteiger partial charge in [-0.2, -0.15) is 8.78 Å². The molecule has 0 heterocycles. The maximum absolute atomic E-state index is 13.9. The first kappa shape index (κ1) is 17.1. The minimum atomic E-state index is -3.38. The van der Waals surface area contributed by atoms with Crippen LogP contribution >= 0.6 is 12.4 Å². The Morgan fingerprint density at radius 3 is 2.11 bits per heavy atom. The van der Waals surface area contributed by atoms with Crippen molar-refractivity contribution in [2.45, 2.75) is 38.3 Å². The summed E-state index contributed by atoms with van der Waals surface area (Å²) >= 11 is 0. The van der Waals surface area contributed by atoms with Gasteiger partial charge in [0.15, 0.2) is 0 Å². The second kappa shape index (κ2) is 5.38. The van der Waals surface area contributed by atoms with Crippen molar-refractivity contribution in [2.75, 3.05) is 5.73 Å². The number of halogens is 3. The van der Waals surface area contributed by atoms with Crippen molar-refractivity contribution in [1.29, 1.82) is 0 Å². The van der Waals surface area contributed by atoms with Crippen LogP contribution in [-0.2, 0) is 5.92 Å². The molecular formula is C12H19ClF2N2O. The van der Waals surface area contributed by atoms with Crippen LogP contribution in [0.15, 0.2) is 18.2 Å². The molecule has 0 aliphatic heterocycles. The molecule has 0 fully saturated rings. The van der Waals surface area contributed by atoms with E-state index in [-0.39, 0.29) is 23.7 Å². The maximum Gasteiger partial charge on any atom is 0.300 e. The van der Waals surface area contributed by atoms with E-state index in [0.717, 1.165) is 19.9 Å². The normalized spacial score (nSPS) is 13.9. The van der Waals surface area contributed by atoms with E-state index in [2.05, 4.69) is 0 Å². The number of benzene rings is 1. The van der Waals surface area contributed by atoms with Gasteiger partial charge in [0, 0.05) is 17.3 Å². The van der Waals surface area contributed by atoms with Crippen LogP contribution in [0.1, 0.15) is 37.9 Å². The summed E-state index contributed by atoms with van der Waals surface area (Å²) in [5.41, 5.74) is 9.45. The molecule has 1 atom stereocenters. The molecule has 5 N–H and O–H groups in total. The lowest BCUT2D eigenvalue weighted by molar-refractivity contribution is -0.168. The molecule has 18 heavy (non-hydrogen) atoms. The van der Waals surface area contributed by atoms with Crippen molar-refractivity contribution in [3.8, 4) is 0 Å². The highest BCUT2D eigenvalue weighted by molar-refractivity contribution is 5.85. The summed E-state index contributed by atoms with van der Waals surface area (Å²) in [5, 5.41) is 9.50. The summed E-state index contributed by atoms with van der Waals surface area (Å²) in [6.45, 7) is 3.80. The number of nitrogen functional groups attached to an aromatic ring is 1. The molecule has 0 spiro atoms. The third-order valence-corrected chi connectivity index (χ3v) is 2.63. The first-order chi connectivity index (χ1) is 7.55. The summed E-state index contributed by atoms with van der Waals surface area (Å²) in [6.07, 6.45) is 0. The van der Waals surface area contributed by atoms with Gasteiger partial charge in [-0.3, -0.25) is 0 Å². The topological polar surface area (TPSA) is 72.3 Å². The lowest BCUT2D eigenvalue weighted by atomic mass is 9.91. The third kappa shape index (κ3) is 3.31. The lowest BCUT2D eigenvalue weighted by Gasteiger charge is -2.30. The number of hydrogen-bond acceptors (Lipinski definition) is 3. The van der Waals surface area contributed by atoms with Crippen molar-refractivity contribution in [3.63, 3.8) is 0 Å². The average Bonchev–Trinajstić information content (AvgIpc) is 2.14. The van der Waals surface area contributed by atoms with Crippen molar-refractivity contribution >= 4 is 18.1 Å². The Morgan fingerprint density at radius 2 is 1.72 bits per heavy atom. The van der Waals surface area contributed by atoms with Crippen molar-refractivity contribution in [1.82, 2.24) is 0 Å². The summed E-state index contributed by atoms with van der Waals surface area (Å²) in [4.78, 5) is 0.